The molecule has 0 aromatic carbocycles. The lowest BCUT2D eigenvalue weighted by molar-refractivity contribution is 0.0624. The average Bonchev–Trinajstić information content (AvgIpc) is 2.13. The Kier molecular flexibility index (Phi) is 3.16. The van der Waals surface area contributed by atoms with Crippen molar-refractivity contribution in [3.05, 3.63) is 0 Å². The minimum Gasteiger partial charge on any atom is -0.396 e. The first-order chi connectivity index (χ1) is 4.84. The van der Waals surface area contributed by atoms with Gasteiger partial charge in [-0.2, -0.15) is 0 Å². The maximum absolute atomic E-state index is 9.39. The highest BCUT2D eigenvalue weighted by Crippen LogP contribution is 2.22. The standard InChI is InChI=1S/C8H16O2/c9-6-7-4-2-1-3-5-8(7)10/h7-10H,1-6H2/t7-,8+/m1/s1. The Balaban J connectivity index is 2.35. The molecule has 2 atom stereocenters. The molecule has 60 valence electrons. The fourth-order valence-electron chi connectivity index (χ4n) is 1.58. The van der Waals surface area contributed by atoms with Crippen LogP contribution in [0.25, 0.3) is 0 Å². The van der Waals surface area contributed by atoms with Crippen LogP contribution in [0.3, 0.4) is 0 Å². The van der Waals surface area contributed by atoms with Gasteiger partial charge in [-0.3, -0.25) is 0 Å². The minimum atomic E-state index is -0.243. The number of aliphatic hydroxyl groups excluding tert-OH is 2. The molecule has 0 amide bonds. The molecule has 0 radical (unpaired) electrons. The Bertz CT molecular complexity index is 93.3. The Morgan fingerprint density at radius 2 is 1.80 bits per heavy atom. The van der Waals surface area contributed by atoms with E-state index in [1.807, 2.05) is 0 Å². The highest BCUT2D eigenvalue weighted by Gasteiger charge is 2.19. The van der Waals surface area contributed by atoms with Crippen molar-refractivity contribution in [2.24, 2.45) is 5.92 Å². The second kappa shape index (κ2) is 3.94. The molecule has 0 spiro atoms. The van der Waals surface area contributed by atoms with Crippen LogP contribution in [-0.4, -0.2) is 22.9 Å². The van der Waals surface area contributed by atoms with E-state index in [1.165, 1.54) is 12.8 Å². The zero-order chi connectivity index (χ0) is 7.40. The summed E-state index contributed by atoms with van der Waals surface area (Å²) in [4.78, 5) is 0. The second-order valence-electron chi connectivity index (χ2n) is 3.15. The number of aliphatic hydroxyl groups is 2. The van der Waals surface area contributed by atoms with Crippen LogP contribution in [0.1, 0.15) is 32.1 Å². The maximum atomic E-state index is 9.39. The smallest absolute Gasteiger partial charge is 0.0590 e. The molecule has 10 heavy (non-hydrogen) atoms. The van der Waals surface area contributed by atoms with Crippen molar-refractivity contribution in [2.75, 3.05) is 6.61 Å². The summed E-state index contributed by atoms with van der Waals surface area (Å²) in [5.74, 6) is 0.155. The van der Waals surface area contributed by atoms with Gasteiger partial charge in [0.1, 0.15) is 0 Å². The highest BCUT2D eigenvalue weighted by molar-refractivity contribution is 4.71. The number of hydrogen-bond donors (Lipinski definition) is 2. The second-order valence-corrected chi connectivity index (χ2v) is 3.15. The number of rotatable bonds is 1. The molecule has 2 heteroatoms. The topological polar surface area (TPSA) is 40.5 Å². The molecule has 1 aliphatic carbocycles. The zero-order valence-electron chi connectivity index (χ0n) is 6.29. The SMILES string of the molecule is OC[C@H]1CCCCC[C@@H]1O. The van der Waals surface area contributed by atoms with Crippen molar-refractivity contribution in [1.82, 2.24) is 0 Å². The Morgan fingerprint density at radius 1 is 1.10 bits per heavy atom. The largest absolute Gasteiger partial charge is 0.396 e. The lowest BCUT2D eigenvalue weighted by atomic mass is 9.99. The summed E-state index contributed by atoms with van der Waals surface area (Å²) in [6.07, 6.45) is 5.14. The monoisotopic (exact) mass is 144 g/mol. The molecule has 0 aliphatic heterocycles. The van der Waals surface area contributed by atoms with Crippen LogP contribution in [0.15, 0.2) is 0 Å². The lowest BCUT2D eigenvalue weighted by Crippen LogP contribution is -2.21. The van der Waals surface area contributed by atoms with Crippen molar-refractivity contribution in [3.8, 4) is 0 Å². The van der Waals surface area contributed by atoms with Crippen LogP contribution >= 0.6 is 0 Å². The van der Waals surface area contributed by atoms with E-state index in [0.29, 0.717) is 0 Å². The van der Waals surface area contributed by atoms with Crippen molar-refractivity contribution < 1.29 is 10.2 Å². The van der Waals surface area contributed by atoms with Crippen LogP contribution < -0.4 is 0 Å². The van der Waals surface area contributed by atoms with Crippen molar-refractivity contribution in [3.63, 3.8) is 0 Å². The van der Waals surface area contributed by atoms with E-state index < -0.39 is 0 Å². The predicted molar refractivity (Wildman–Crippen MR) is 39.7 cm³/mol. The molecule has 1 fully saturated rings. The van der Waals surface area contributed by atoms with Crippen LogP contribution in [0.4, 0.5) is 0 Å². The summed E-state index contributed by atoms with van der Waals surface area (Å²) in [5.41, 5.74) is 0. The van der Waals surface area contributed by atoms with Gasteiger partial charge in [0, 0.05) is 12.5 Å². The Hall–Kier alpha value is -0.0800. The normalized spacial score (nSPS) is 35.4. The molecule has 2 nitrogen and oxygen atoms in total. The molecule has 0 aromatic rings. The molecular formula is C8H16O2. The summed E-state index contributed by atoms with van der Waals surface area (Å²) in [7, 11) is 0. The fraction of sp³-hybridized carbons (Fsp3) is 1.00. The van der Waals surface area contributed by atoms with Crippen LogP contribution in [0.2, 0.25) is 0 Å². The molecule has 1 saturated carbocycles. The van der Waals surface area contributed by atoms with Gasteiger partial charge in [-0.15, -0.1) is 0 Å². The third kappa shape index (κ3) is 1.96. The fourth-order valence-corrected chi connectivity index (χ4v) is 1.58. The van der Waals surface area contributed by atoms with Crippen molar-refractivity contribution in [1.29, 1.82) is 0 Å². The van der Waals surface area contributed by atoms with Gasteiger partial charge in [-0.05, 0) is 12.8 Å². The van der Waals surface area contributed by atoms with E-state index in [9.17, 15) is 5.11 Å². The van der Waals surface area contributed by atoms with Gasteiger partial charge in [-0.1, -0.05) is 19.3 Å². The molecule has 0 saturated heterocycles. The quantitative estimate of drug-likeness (QED) is 0.537. The molecule has 1 rings (SSSR count). The average molecular weight is 144 g/mol. The summed E-state index contributed by atoms with van der Waals surface area (Å²) in [6, 6.07) is 0. The zero-order valence-corrected chi connectivity index (χ0v) is 6.29. The van der Waals surface area contributed by atoms with E-state index in [0.717, 1.165) is 19.3 Å². The molecule has 2 N–H and O–H groups in total. The minimum absolute atomic E-state index is 0.154. The van der Waals surface area contributed by atoms with E-state index in [4.69, 9.17) is 5.11 Å². The molecule has 0 unspecified atom stereocenters. The Labute approximate surface area is 61.9 Å². The molecule has 0 bridgehead atoms. The first-order valence-electron chi connectivity index (χ1n) is 4.13. The first-order valence-corrected chi connectivity index (χ1v) is 4.13. The van der Waals surface area contributed by atoms with Gasteiger partial charge < -0.3 is 10.2 Å². The van der Waals surface area contributed by atoms with E-state index in [1.54, 1.807) is 0 Å². The third-order valence-corrected chi connectivity index (χ3v) is 2.35. The van der Waals surface area contributed by atoms with Crippen LogP contribution in [-0.2, 0) is 0 Å². The van der Waals surface area contributed by atoms with Gasteiger partial charge in [0.25, 0.3) is 0 Å². The van der Waals surface area contributed by atoms with Crippen LogP contribution in [0, 0.1) is 5.92 Å². The number of hydrogen-bond acceptors (Lipinski definition) is 2. The van der Waals surface area contributed by atoms with E-state index in [2.05, 4.69) is 0 Å². The third-order valence-electron chi connectivity index (χ3n) is 2.35. The summed E-state index contributed by atoms with van der Waals surface area (Å²) < 4.78 is 0. The molecule has 1 aliphatic rings. The maximum Gasteiger partial charge on any atom is 0.0590 e. The summed E-state index contributed by atoms with van der Waals surface area (Å²) in [5, 5.41) is 18.2. The predicted octanol–water partition coefficient (Wildman–Crippen LogP) is 0.920. The Morgan fingerprint density at radius 3 is 2.50 bits per heavy atom. The molecular weight excluding hydrogens is 128 g/mol. The highest BCUT2D eigenvalue weighted by atomic mass is 16.3. The van der Waals surface area contributed by atoms with Gasteiger partial charge in [0.15, 0.2) is 0 Å². The van der Waals surface area contributed by atoms with E-state index in [-0.39, 0.29) is 18.6 Å². The van der Waals surface area contributed by atoms with Gasteiger partial charge in [-0.25, -0.2) is 0 Å². The van der Waals surface area contributed by atoms with Gasteiger partial charge >= 0.3 is 0 Å². The molecule has 0 aromatic heterocycles. The van der Waals surface area contributed by atoms with Crippen molar-refractivity contribution in [2.45, 2.75) is 38.2 Å². The summed E-state index contributed by atoms with van der Waals surface area (Å²) in [6.45, 7) is 0.154. The van der Waals surface area contributed by atoms with E-state index >= 15 is 0 Å². The molecule has 0 heterocycles. The van der Waals surface area contributed by atoms with Gasteiger partial charge in [0.05, 0.1) is 6.10 Å². The summed E-state index contributed by atoms with van der Waals surface area (Å²) >= 11 is 0. The van der Waals surface area contributed by atoms with Crippen molar-refractivity contribution >= 4 is 0 Å². The first kappa shape index (κ1) is 8.02. The van der Waals surface area contributed by atoms with Gasteiger partial charge in [0.2, 0.25) is 0 Å². The lowest BCUT2D eigenvalue weighted by Gasteiger charge is -2.16. The van der Waals surface area contributed by atoms with Crippen LogP contribution in [0.5, 0.6) is 0 Å².